The van der Waals surface area contributed by atoms with Crippen molar-refractivity contribution < 1.29 is 5.11 Å². The molecule has 1 aromatic heterocycles. The Hall–Kier alpha value is -2.42. The molecule has 25 heavy (non-hydrogen) atoms. The summed E-state index contributed by atoms with van der Waals surface area (Å²) in [5, 5.41) is 19.8. The summed E-state index contributed by atoms with van der Waals surface area (Å²) in [6.07, 6.45) is 1.25. The highest BCUT2D eigenvalue weighted by Gasteiger charge is 2.22. The van der Waals surface area contributed by atoms with Crippen molar-refractivity contribution >= 4 is 5.82 Å². The van der Waals surface area contributed by atoms with Crippen LogP contribution in [0, 0.1) is 25.2 Å². The van der Waals surface area contributed by atoms with Gasteiger partial charge in [-0.15, -0.1) is 0 Å². The molecule has 0 spiro atoms. The van der Waals surface area contributed by atoms with Crippen LogP contribution in [0.25, 0.3) is 0 Å². The van der Waals surface area contributed by atoms with Gasteiger partial charge in [-0.3, -0.25) is 4.90 Å². The van der Waals surface area contributed by atoms with Crippen molar-refractivity contribution in [2.24, 2.45) is 0 Å². The number of β-amino-alcohol motifs (C(OH)–C–C–N with tert-alkyl or cyclic N) is 1. The molecule has 0 aliphatic carbocycles. The maximum absolute atomic E-state index is 10.5. The number of rotatable bonds is 4. The molecule has 0 amide bonds. The lowest BCUT2D eigenvalue weighted by Gasteiger charge is -2.36. The summed E-state index contributed by atoms with van der Waals surface area (Å²) in [5.74, 6) is 0.763. The predicted molar refractivity (Wildman–Crippen MR) is 98.5 cm³/mol. The summed E-state index contributed by atoms with van der Waals surface area (Å²) in [6, 6.07) is 12.0. The van der Waals surface area contributed by atoms with E-state index in [9.17, 15) is 10.4 Å². The smallest absolute Gasteiger partial charge is 0.146 e. The molecule has 0 bridgehead atoms. The summed E-state index contributed by atoms with van der Waals surface area (Å²) in [4.78, 5) is 8.78. The van der Waals surface area contributed by atoms with Gasteiger partial charge in [-0.25, -0.2) is 4.98 Å². The van der Waals surface area contributed by atoms with E-state index >= 15 is 0 Å². The van der Waals surface area contributed by atoms with E-state index < -0.39 is 6.10 Å². The van der Waals surface area contributed by atoms with Gasteiger partial charge in [0.05, 0.1) is 11.7 Å². The van der Waals surface area contributed by atoms with Crippen molar-refractivity contribution in [3.05, 3.63) is 58.8 Å². The minimum atomic E-state index is -0.477. The zero-order valence-corrected chi connectivity index (χ0v) is 14.8. The second-order valence-corrected chi connectivity index (χ2v) is 6.63. The van der Waals surface area contributed by atoms with E-state index in [1.807, 2.05) is 6.07 Å². The Balaban J connectivity index is 1.59. The monoisotopic (exact) mass is 336 g/mol. The number of anilines is 1. The number of aryl methyl sites for hydroxylation is 2. The lowest BCUT2D eigenvalue weighted by Crippen LogP contribution is -2.48. The first-order valence-corrected chi connectivity index (χ1v) is 8.66. The van der Waals surface area contributed by atoms with E-state index in [-0.39, 0.29) is 0 Å². The molecule has 0 unspecified atom stereocenters. The van der Waals surface area contributed by atoms with Crippen molar-refractivity contribution in [2.75, 3.05) is 37.6 Å². The molecule has 1 N–H and O–H groups in total. The zero-order valence-electron chi connectivity index (χ0n) is 14.8. The number of hydrogen-bond donors (Lipinski definition) is 1. The molecule has 1 saturated heterocycles. The van der Waals surface area contributed by atoms with Crippen LogP contribution in [0.15, 0.2) is 36.5 Å². The number of benzene rings is 1. The molecule has 5 heteroatoms. The van der Waals surface area contributed by atoms with Crippen LogP contribution in [-0.4, -0.2) is 47.7 Å². The Morgan fingerprint density at radius 1 is 1.16 bits per heavy atom. The van der Waals surface area contributed by atoms with Gasteiger partial charge in [0.1, 0.15) is 11.9 Å². The van der Waals surface area contributed by atoms with Gasteiger partial charge in [0, 0.05) is 38.9 Å². The van der Waals surface area contributed by atoms with Crippen LogP contribution in [0.5, 0.6) is 0 Å². The number of piperazine rings is 1. The Morgan fingerprint density at radius 2 is 1.92 bits per heavy atom. The quantitative estimate of drug-likeness (QED) is 0.929. The molecule has 5 nitrogen and oxygen atoms in total. The molecular formula is C20H24N4O. The fourth-order valence-electron chi connectivity index (χ4n) is 3.20. The lowest BCUT2D eigenvalue weighted by molar-refractivity contribution is 0.109. The van der Waals surface area contributed by atoms with Crippen LogP contribution >= 0.6 is 0 Å². The van der Waals surface area contributed by atoms with Crippen LogP contribution in [0.2, 0.25) is 0 Å². The highest BCUT2D eigenvalue weighted by Crippen LogP contribution is 2.21. The maximum Gasteiger partial charge on any atom is 0.146 e. The van der Waals surface area contributed by atoms with Gasteiger partial charge in [-0.05, 0) is 42.7 Å². The number of hydrogen-bond acceptors (Lipinski definition) is 5. The highest BCUT2D eigenvalue weighted by atomic mass is 16.3. The van der Waals surface area contributed by atoms with Crippen LogP contribution in [0.4, 0.5) is 5.82 Å². The summed E-state index contributed by atoms with van der Waals surface area (Å²) in [7, 11) is 0. The van der Waals surface area contributed by atoms with Gasteiger partial charge in [0.25, 0.3) is 0 Å². The topological polar surface area (TPSA) is 63.4 Å². The Labute approximate surface area is 149 Å². The first-order valence-electron chi connectivity index (χ1n) is 8.66. The van der Waals surface area contributed by atoms with E-state index in [0.717, 1.165) is 37.6 Å². The first-order chi connectivity index (χ1) is 12.1. The average Bonchev–Trinajstić information content (AvgIpc) is 2.64. The SMILES string of the molecule is Cc1ccc([C@H](O)CN2CCN(c3ncccc3C#N)CC2)cc1C. The Kier molecular flexibility index (Phi) is 5.32. The summed E-state index contributed by atoms with van der Waals surface area (Å²) >= 11 is 0. The molecule has 0 saturated carbocycles. The van der Waals surface area contributed by atoms with E-state index in [1.54, 1.807) is 18.3 Å². The molecule has 1 atom stereocenters. The highest BCUT2D eigenvalue weighted by molar-refractivity contribution is 5.53. The van der Waals surface area contributed by atoms with E-state index in [2.05, 4.69) is 46.8 Å². The van der Waals surface area contributed by atoms with Gasteiger partial charge in [0.2, 0.25) is 0 Å². The molecule has 1 aliphatic rings. The summed E-state index contributed by atoms with van der Waals surface area (Å²) in [5.41, 5.74) is 4.04. The first kappa shape index (κ1) is 17.4. The Morgan fingerprint density at radius 3 is 2.60 bits per heavy atom. The number of aliphatic hydroxyl groups excluding tert-OH is 1. The molecule has 1 aromatic carbocycles. The normalized spacial score (nSPS) is 16.5. The number of aliphatic hydroxyl groups is 1. The third kappa shape index (κ3) is 3.98. The Bertz CT molecular complexity index is 776. The number of nitrogens with zero attached hydrogens (tertiary/aromatic N) is 4. The van der Waals surface area contributed by atoms with Gasteiger partial charge in [-0.2, -0.15) is 5.26 Å². The molecule has 1 aliphatic heterocycles. The minimum Gasteiger partial charge on any atom is -0.387 e. The molecule has 2 heterocycles. The predicted octanol–water partition coefficient (Wildman–Crippen LogP) is 2.43. The maximum atomic E-state index is 10.5. The van der Waals surface area contributed by atoms with Crippen LogP contribution in [0.3, 0.4) is 0 Å². The zero-order chi connectivity index (χ0) is 17.8. The molecule has 0 radical (unpaired) electrons. The van der Waals surface area contributed by atoms with Gasteiger partial charge < -0.3 is 10.0 Å². The van der Waals surface area contributed by atoms with Gasteiger partial charge in [-0.1, -0.05) is 18.2 Å². The van der Waals surface area contributed by atoms with Crippen LogP contribution < -0.4 is 4.90 Å². The number of nitriles is 1. The summed E-state index contributed by atoms with van der Waals surface area (Å²) in [6.45, 7) is 8.11. The second kappa shape index (κ2) is 7.64. The van der Waals surface area contributed by atoms with Crippen molar-refractivity contribution in [1.82, 2.24) is 9.88 Å². The third-order valence-electron chi connectivity index (χ3n) is 4.93. The number of aromatic nitrogens is 1. The fourth-order valence-corrected chi connectivity index (χ4v) is 3.20. The molecular weight excluding hydrogens is 312 g/mol. The van der Waals surface area contributed by atoms with Gasteiger partial charge in [0.15, 0.2) is 0 Å². The van der Waals surface area contributed by atoms with Crippen molar-refractivity contribution in [3.63, 3.8) is 0 Å². The average molecular weight is 336 g/mol. The molecule has 3 rings (SSSR count). The number of pyridine rings is 1. The standard InChI is InChI=1S/C20H24N4O/c1-15-5-6-17(12-16(15)2)19(25)14-23-8-10-24(11-9-23)20-18(13-21)4-3-7-22-20/h3-7,12,19,25H,8-11,14H2,1-2H3/t19-/m1/s1. The second-order valence-electron chi connectivity index (χ2n) is 6.63. The van der Waals surface area contributed by atoms with Crippen molar-refractivity contribution in [1.29, 1.82) is 5.26 Å². The molecule has 130 valence electrons. The van der Waals surface area contributed by atoms with E-state index in [0.29, 0.717) is 12.1 Å². The largest absolute Gasteiger partial charge is 0.387 e. The van der Waals surface area contributed by atoms with Gasteiger partial charge >= 0.3 is 0 Å². The summed E-state index contributed by atoms with van der Waals surface area (Å²) < 4.78 is 0. The van der Waals surface area contributed by atoms with E-state index in [4.69, 9.17) is 0 Å². The van der Waals surface area contributed by atoms with E-state index in [1.165, 1.54) is 11.1 Å². The van der Waals surface area contributed by atoms with Crippen LogP contribution in [0.1, 0.15) is 28.4 Å². The lowest BCUT2D eigenvalue weighted by atomic mass is 10.0. The third-order valence-corrected chi connectivity index (χ3v) is 4.93. The fraction of sp³-hybridized carbons (Fsp3) is 0.400. The van der Waals surface area contributed by atoms with Crippen LogP contribution in [-0.2, 0) is 0 Å². The van der Waals surface area contributed by atoms with Crippen molar-refractivity contribution in [3.8, 4) is 6.07 Å². The van der Waals surface area contributed by atoms with Crippen molar-refractivity contribution in [2.45, 2.75) is 20.0 Å². The molecule has 1 fully saturated rings. The molecule has 2 aromatic rings. The minimum absolute atomic E-state index is 0.477.